The molecule has 46 heavy (non-hydrogen) atoms. The molecular formula is C27H18N6O10S3. The van der Waals surface area contributed by atoms with Crippen molar-refractivity contribution in [2.75, 3.05) is 5.73 Å². The summed E-state index contributed by atoms with van der Waals surface area (Å²) in [7, 11) is -14.7. The largest absolute Gasteiger partial charge is 0.505 e. The van der Waals surface area contributed by atoms with Crippen molar-refractivity contribution in [2.24, 2.45) is 20.5 Å². The van der Waals surface area contributed by atoms with Crippen LogP contribution >= 0.6 is 0 Å². The first-order chi connectivity index (χ1) is 21.5. The van der Waals surface area contributed by atoms with E-state index in [1.54, 1.807) is 18.2 Å². The predicted molar refractivity (Wildman–Crippen MR) is 163 cm³/mol. The van der Waals surface area contributed by atoms with Crippen LogP contribution in [0, 0.1) is 11.3 Å². The Morgan fingerprint density at radius 2 is 1.28 bits per heavy atom. The van der Waals surface area contributed by atoms with Gasteiger partial charge in [0.2, 0.25) is 0 Å². The van der Waals surface area contributed by atoms with Crippen LogP contribution in [0.25, 0.3) is 21.5 Å². The van der Waals surface area contributed by atoms with Gasteiger partial charge in [-0.25, -0.2) is 0 Å². The lowest BCUT2D eigenvalue weighted by Crippen LogP contribution is -2.04. The Morgan fingerprint density at radius 1 is 0.652 bits per heavy atom. The number of hydrogen-bond acceptors (Lipinski definition) is 13. The van der Waals surface area contributed by atoms with Crippen molar-refractivity contribution in [2.45, 2.75) is 14.7 Å². The molecule has 0 bridgehead atoms. The smallest absolute Gasteiger partial charge is 0.296 e. The minimum atomic E-state index is -5.14. The normalized spacial score (nSPS) is 12.7. The van der Waals surface area contributed by atoms with Gasteiger partial charge in [-0.15, -0.1) is 15.3 Å². The van der Waals surface area contributed by atoms with Crippen molar-refractivity contribution >= 4 is 80.3 Å². The van der Waals surface area contributed by atoms with Crippen molar-refractivity contribution in [3.05, 3.63) is 78.4 Å². The number of aromatic hydroxyl groups is 1. The Hall–Kier alpha value is -5.36. The summed E-state index contributed by atoms with van der Waals surface area (Å²) < 4.78 is 101. The van der Waals surface area contributed by atoms with Gasteiger partial charge in [-0.1, -0.05) is 12.1 Å². The van der Waals surface area contributed by atoms with E-state index < -0.39 is 62.2 Å². The van der Waals surface area contributed by atoms with Gasteiger partial charge in [-0.3, -0.25) is 13.7 Å². The molecule has 0 aliphatic heterocycles. The molecule has 0 aromatic heterocycles. The average molecular weight is 683 g/mol. The molecule has 0 heterocycles. The van der Waals surface area contributed by atoms with E-state index in [0.29, 0.717) is 11.3 Å². The molecule has 0 radical (unpaired) electrons. The first-order valence-corrected chi connectivity index (χ1v) is 16.7. The second-order valence-corrected chi connectivity index (χ2v) is 13.7. The lowest BCUT2D eigenvalue weighted by atomic mass is 10.1. The van der Waals surface area contributed by atoms with Gasteiger partial charge in [0.25, 0.3) is 30.4 Å². The van der Waals surface area contributed by atoms with Crippen LogP contribution in [-0.2, 0) is 30.4 Å². The summed E-state index contributed by atoms with van der Waals surface area (Å²) in [6.45, 7) is 0. The van der Waals surface area contributed by atoms with Crippen LogP contribution in [0.3, 0.4) is 0 Å². The zero-order valence-corrected chi connectivity index (χ0v) is 25.2. The van der Waals surface area contributed by atoms with E-state index in [0.717, 1.165) is 30.3 Å². The molecule has 0 saturated carbocycles. The third-order valence-corrected chi connectivity index (χ3v) is 9.11. The van der Waals surface area contributed by atoms with Gasteiger partial charge in [0, 0.05) is 16.2 Å². The summed E-state index contributed by atoms with van der Waals surface area (Å²) in [5, 5.41) is 35.9. The number of phenols is 1. The van der Waals surface area contributed by atoms with Crippen LogP contribution in [0.2, 0.25) is 0 Å². The van der Waals surface area contributed by atoms with E-state index in [9.17, 15) is 44.0 Å². The average Bonchev–Trinajstić information content (AvgIpc) is 2.98. The number of phenolic OH excluding ortho intramolecular Hbond substituents is 1. The van der Waals surface area contributed by atoms with E-state index in [2.05, 4.69) is 20.5 Å². The van der Waals surface area contributed by atoms with Gasteiger partial charge < -0.3 is 10.8 Å². The van der Waals surface area contributed by atoms with Crippen LogP contribution < -0.4 is 5.73 Å². The molecule has 19 heteroatoms. The lowest BCUT2D eigenvalue weighted by Gasteiger charge is -2.11. The Morgan fingerprint density at radius 3 is 1.91 bits per heavy atom. The molecule has 16 nitrogen and oxygen atoms in total. The molecular weight excluding hydrogens is 665 g/mol. The summed E-state index contributed by atoms with van der Waals surface area (Å²) >= 11 is 0. The molecule has 5 rings (SSSR count). The molecule has 0 amide bonds. The van der Waals surface area contributed by atoms with Crippen molar-refractivity contribution in [1.29, 1.82) is 5.26 Å². The summed E-state index contributed by atoms with van der Waals surface area (Å²) in [6, 6.07) is 16.8. The molecule has 0 fully saturated rings. The van der Waals surface area contributed by atoms with Gasteiger partial charge in [0.05, 0.1) is 39.3 Å². The Labute approximate surface area is 260 Å². The van der Waals surface area contributed by atoms with Crippen LogP contribution in [0.1, 0.15) is 5.56 Å². The highest BCUT2D eigenvalue weighted by molar-refractivity contribution is 7.86. The molecule has 0 saturated heterocycles. The van der Waals surface area contributed by atoms with E-state index >= 15 is 0 Å². The first-order valence-electron chi connectivity index (χ1n) is 12.4. The van der Waals surface area contributed by atoms with Crippen LogP contribution in [-0.4, -0.2) is 44.0 Å². The number of benzene rings is 5. The highest BCUT2D eigenvalue weighted by Gasteiger charge is 2.25. The fraction of sp³-hybridized carbons (Fsp3) is 0. The lowest BCUT2D eigenvalue weighted by molar-refractivity contribution is 0.472. The predicted octanol–water partition coefficient (Wildman–Crippen LogP) is 5.72. The molecule has 0 atom stereocenters. The van der Waals surface area contributed by atoms with Gasteiger partial charge in [-0.05, 0) is 66.0 Å². The maximum atomic E-state index is 12.3. The second kappa shape index (κ2) is 11.5. The number of azo groups is 2. The van der Waals surface area contributed by atoms with E-state index in [4.69, 9.17) is 11.0 Å². The van der Waals surface area contributed by atoms with Gasteiger partial charge in [0.15, 0.2) is 5.75 Å². The number of rotatable bonds is 7. The summed E-state index contributed by atoms with van der Waals surface area (Å²) in [6.07, 6.45) is 0. The van der Waals surface area contributed by atoms with Crippen molar-refractivity contribution in [3.63, 3.8) is 0 Å². The molecule has 0 aliphatic rings. The number of hydrogen-bond donors (Lipinski definition) is 5. The molecule has 234 valence electrons. The zero-order chi connectivity index (χ0) is 33.6. The minimum absolute atomic E-state index is 0.0248. The number of nitrogen functional groups attached to an aromatic ring is 1. The maximum absolute atomic E-state index is 12.3. The second-order valence-electron chi connectivity index (χ2n) is 9.48. The van der Waals surface area contributed by atoms with Crippen LogP contribution in [0.4, 0.5) is 28.4 Å². The molecule has 0 unspecified atom stereocenters. The van der Waals surface area contributed by atoms with Crippen molar-refractivity contribution in [1.82, 2.24) is 0 Å². The standard InChI is InChI=1S/C27H18N6O10S3/c28-13-14-2-1-3-16(8-14)30-31-22-6-7-23(20-11-17(44(35,36)37)4-5-18(20)22)32-33-26-25(46(41,42)43)10-15-9-24(45(38,39)40)21(29)12-19(15)27(26)34/h1-12,34H,29H2,(H,35,36,37)(H,38,39,40)(H,41,42,43). The fourth-order valence-electron chi connectivity index (χ4n) is 4.39. The summed E-state index contributed by atoms with van der Waals surface area (Å²) in [5.41, 5.74) is 5.15. The number of anilines is 1. The quantitative estimate of drug-likeness (QED) is 0.0782. The van der Waals surface area contributed by atoms with Crippen LogP contribution in [0.15, 0.2) is 108 Å². The van der Waals surface area contributed by atoms with Crippen LogP contribution in [0.5, 0.6) is 5.75 Å². The Kier molecular flexibility index (Phi) is 8.03. The molecule has 5 aromatic carbocycles. The third-order valence-electron chi connectivity index (χ3n) is 6.48. The Bertz CT molecular complexity index is 2550. The summed E-state index contributed by atoms with van der Waals surface area (Å²) in [5.74, 6) is -0.893. The minimum Gasteiger partial charge on any atom is -0.505 e. The molecule has 6 N–H and O–H groups in total. The number of nitriles is 1. The van der Waals surface area contributed by atoms with Crippen molar-refractivity contribution < 1.29 is 44.0 Å². The van der Waals surface area contributed by atoms with Gasteiger partial charge in [-0.2, -0.15) is 35.6 Å². The Balaban J connectivity index is 1.71. The topological polar surface area (TPSA) is 283 Å². The third kappa shape index (κ3) is 6.38. The maximum Gasteiger partial charge on any atom is 0.296 e. The summed E-state index contributed by atoms with van der Waals surface area (Å²) in [4.78, 5) is -2.32. The fourth-order valence-corrected chi connectivity index (χ4v) is 6.19. The van der Waals surface area contributed by atoms with Gasteiger partial charge in [0.1, 0.15) is 15.5 Å². The molecule has 5 aromatic rings. The van der Waals surface area contributed by atoms with Crippen molar-refractivity contribution in [3.8, 4) is 11.8 Å². The molecule has 0 spiro atoms. The van der Waals surface area contributed by atoms with E-state index in [1.807, 2.05) is 6.07 Å². The van der Waals surface area contributed by atoms with E-state index in [-0.39, 0.29) is 32.9 Å². The van der Waals surface area contributed by atoms with E-state index in [1.165, 1.54) is 24.3 Å². The number of fused-ring (bicyclic) bond motifs is 2. The number of nitrogens with two attached hydrogens (primary N) is 1. The first kappa shape index (κ1) is 32.0. The zero-order valence-electron chi connectivity index (χ0n) is 22.7. The monoisotopic (exact) mass is 682 g/mol. The highest BCUT2D eigenvalue weighted by atomic mass is 32.2. The SMILES string of the molecule is N#Cc1cccc(N=Nc2ccc(N=Nc3c(S(=O)(=O)O)cc4cc(S(=O)(=O)O)c(N)cc4c3O)c3cc(S(=O)(=O)O)ccc23)c1. The molecule has 0 aliphatic carbocycles. The number of nitrogens with zero attached hydrogens (tertiary/aromatic N) is 5. The van der Waals surface area contributed by atoms with Gasteiger partial charge >= 0.3 is 0 Å². The highest BCUT2D eigenvalue weighted by Crippen LogP contribution is 2.44.